The van der Waals surface area contributed by atoms with Crippen molar-refractivity contribution in [1.29, 1.82) is 0 Å². The minimum absolute atomic E-state index is 0.331. The number of nitrogens with one attached hydrogen (secondary N) is 1. The van der Waals surface area contributed by atoms with Crippen LogP contribution in [0.5, 0.6) is 0 Å². The summed E-state index contributed by atoms with van der Waals surface area (Å²) in [6.45, 7) is 2.67. The van der Waals surface area contributed by atoms with E-state index in [1.807, 2.05) is 12.3 Å². The summed E-state index contributed by atoms with van der Waals surface area (Å²) in [4.78, 5) is 4.47. The van der Waals surface area contributed by atoms with E-state index in [0.717, 1.165) is 25.0 Å². The van der Waals surface area contributed by atoms with E-state index in [0.29, 0.717) is 12.7 Å². The number of hydrogen-bond donors (Lipinski definition) is 1. The molecule has 0 spiro atoms. The Morgan fingerprint density at radius 1 is 1.00 bits per heavy atom. The molecule has 1 aliphatic rings. The smallest absolute Gasteiger partial charge is 0.0727 e. The Morgan fingerprint density at radius 2 is 1.91 bits per heavy atom. The van der Waals surface area contributed by atoms with E-state index < -0.39 is 0 Å². The number of pyridine rings is 1. The molecule has 3 nitrogen and oxygen atoms in total. The van der Waals surface area contributed by atoms with Gasteiger partial charge in [-0.2, -0.15) is 0 Å². The molecule has 3 heteroatoms. The predicted octanol–water partition coefficient (Wildman–Crippen LogP) is 3.78. The molecular weight excluding hydrogens is 284 g/mol. The quantitative estimate of drug-likeness (QED) is 0.796. The second kappa shape index (κ2) is 6.49. The van der Waals surface area contributed by atoms with Crippen molar-refractivity contribution in [2.75, 3.05) is 13.1 Å². The third kappa shape index (κ3) is 2.98. The van der Waals surface area contributed by atoms with Crippen LogP contribution in [-0.2, 0) is 11.3 Å². The van der Waals surface area contributed by atoms with Gasteiger partial charge in [-0.15, -0.1) is 0 Å². The molecular formula is C20H20N2O. The molecule has 0 unspecified atom stereocenters. The fourth-order valence-corrected chi connectivity index (χ4v) is 3.23. The zero-order chi connectivity index (χ0) is 15.5. The van der Waals surface area contributed by atoms with E-state index in [2.05, 4.69) is 58.8 Å². The maximum Gasteiger partial charge on any atom is 0.0727 e. The molecule has 1 aromatic heterocycles. The van der Waals surface area contributed by atoms with Gasteiger partial charge in [0, 0.05) is 18.1 Å². The van der Waals surface area contributed by atoms with Gasteiger partial charge in [-0.25, -0.2) is 0 Å². The van der Waals surface area contributed by atoms with Gasteiger partial charge in [-0.3, -0.25) is 4.98 Å². The lowest BCUT2D eigenvalue weighted by Crippen LogP contribution is -2.16. The standard InChI is InChI=1S/C20H20N2O/c1-2-6-17(15(5-1)14-23-16-10-12-21-13-16)18-7-3-9-20-19(18)8-4-11-22-20/h1-9,11,16,21H,10,12-14H2/t16-/m0/s1. The molecule has 0 radical (unpaired) electrons. The molecule has 2 heterocycles. The van der Waals surface area contributed by atoms with E-state index in [-0.39, 0.29) is 0 Å². The molecule has 1 aliphatic heterocycles. The molecule has 1 N–H and O–H groups in total. The van der Waals surface area contributed by atoms with Crippen molar-refractivity contribution in [3.8, 4) is 11.1 Å². The van der Waals surface area contributed by atoms with Crippen molar-refractivity contribution in [2.24, 2.45) is 0 Å². The van der Waals surface area contributed by atoms with Gasteiger partial charge in [0.15, 0.2) is 0 Å². The SMILES string of the molecule is c1ccc(-c2cccc3ncccc23)c(CO[C@H]2CCNC2)c1. The lowest BCUT2D eigenvalue weighted by Gasteiger charge is -2.15. The van der Waals surface area contributed by atoms with E-state index in [9.17, 15) is 0 Å². The summed E-state index contributed by atoms with van der Waals surface area (Å²) in [6, 6.07) is 18.9. The van der Waals surface area contributed by atoms with Crippen LogP contribution in [0, 0.1) is 0 Å². The third-order valence-electron chi connectivity index (χ3n) is 4.44. The molecule has 1 saturated heterocycles. The van der Waals surface area contributed by atoms with Crippen molar-refractivity contribution in [3.63, 3.8) is 0 Å². The molecule has 23 heavy (non-hydrogen) atoms. The van der Waals surface area contributed by atoms with Crippen molar-refractivity contribution in [1.82, 2.24) is 10.3 Å². The molecule has 3 aromatic rings. The summed E-state index contributed by atoms with van der Waals surface area (Å²) >= 11 is 0. The topological polar surface area (TPSA) is 34.1 Å². The Kier molecular flexibility index (Phi) is 4.05. The molecule has 1 fully saturated rings. The first kappa shape index (κ1) is 14.4. The van der Waals surface area contributed by atoms with Gasteiger partial charge in [0.2, 0.25) is 0 Å². The van der Waals surface area contributed by atoms with Crippen molar-refractivity contribution < 1.29 is 4.74 Å². The van der Waals surface area contributed by atoms with Crippen LogP contribution in [0.3, 0.4) is 0 Å². The van der Waals surface area contributed by atoms with Gasteiger partial charge in [0.05, 0.1) is 18.2 Å². The van der Waals surface area contributed by atoms with Crippen molar-refractivity contribution in [3.05, 3.63) is 66.4 Å². The molecule has 4 rings (SSSR count). The van der Waals surface area contributed by atoms with Crippen LogP contribution in [0.25, 0.3) is 22.0 Å². The highest BCUT2D eigenvalue weighted by molar-refractivity contribution is 5.95. The third-order valence-corrected chi connectivity index (χ3v) is 4.44. The Hall–Kier alpha value is -2.23. The maximum atomic E-state index is 6.09. The predicted molar refractivity (Wildman–Crippen MR) is 93.2 cm³/mol. The number of rotatable bonds is 4. The van der Waals surface area contributed by atoms with Gasteiger partial charge >= 0.3 is 0 Å². The van der Waals surface area contributed by atoms with Gasteiger partial charge < -0.3 is 10.1 Å². The lowest BCUT2D eigenvalue weighted by molar-refractivity contribution is 0.0545. The lowest BCUT2D eigenvalue weighted by atomic mass is 9.96. The first-order valence-electron chi connectivity index (χ1n) is 8.16. The maximum absolute atomic E-state index is 6.09. The Morgan fingerprint density at radius 3 is 2.83 bits per heavy atom. The summed E-state index contributed by atoms with van der Waals surface area (Å²) in [5.41, 5.74) is 4.72. The minimum Gasteiger partial charge on any atom is -0.372 e. The molecule has 116 valence electrons. The van der Waals surface area contributed by atoms with Crippen LogP contribution in [0.2, 0.25) is 0 Å². The van der Waals surface area contributed by atoms with E-state index in [4.69, 9.17) is 4.74 Å². The van der Waals surface area contributed by atoms with Gasteiger partial charge in [-0.1, -0.05) is 42.5 Å². The molecule has 0 aliphatic carbocycles. The van der Waals surface area contributed by atoms with E-state index in [1.54, 1.807) is 0 Å². The van der Waals surface area contributed by atoms with Crippen LogP contribution in [0.4, 0.5) is 0 Å². The molecule has 2 aromatic carbocycles. The van der Waals surface area contributed by atoms with Crippen LogP contribution in [0.15, 0.2) is 60.8 Å². The molecule has 0 bridgehead atoms. The number of aromatic nitrogens is 1. The molecule has 1 atom stereocenters. The normalized spacial score (nSPS) is 17.7. The molecule has 0 saturated carbocycles. The van der Waals surface area contributed by atoms with Gasteiger partial charge in [0.25, 0.3) is 0 Å². The number of ether oxygens (including phenoxy) is 1. The Labute approximate surface area is 136 Å². The highest BCUT2D eigenvalue weighted by Gasteiger charge is 2.16. The Bertz CT molecular complexity index is 804. The van der Waals surface area contributed by atoms with Crippen LogP contribution in [0.1, 0.15) is 12.0 Å². The number of nitrogens with zero attached hydrogens (tertiary/aromatic N) is 1. The first-order valence-corrected chi connectivity index (χ1v) is 8.16. The number of benzene rings is 2. The van der Waals surface area contributed by atoms with Crippen molar-refractivity contribution in [2.45, 2.75) is 19.1 Å². The van der Waals surface area contributed by atoms with Crippen molar-refractivity contribution >= 4 is 10.9 Å². The fourth-order valence-electron chi connectivity index (χ4n) is 3.23. The van der Waals surface area contributed by atoms with Crippen LogP contribution >= 0.6 is 0 Å². The van der Waals surface area contributed by atoms with Gasteiger partial charge in [0.1, 0.15) is 0 Å². The second-order valence-corrected chi connectivity index (χ2v) is 5.96. The zero-order valence-corrected chi connectivity index (χ0v) is 13.0. The summed E-state index contributed by atoms with van der Waals surface area (Å²) in [6.07, 6.45) is 3.27. The fraction of sp³-hybridized carbons (Fsp3) is 0.250. The average molecular weight is 304 g/mol. The van der Waals surface area contributed by atoms with E-state index in [1.165, 1.54) is 22.1 Å². The summed E-state index contributed by atoms with van der Waals surface area (Å²) in [7, 11) is 0. The number of hydrogen-bond acceptors (Lipinski definition) is 3. The van der Waals surface area contributed by atoms with E-state index >= 15 is 0 Å². The summed E-state index contributed by atoms with van der Waals surface area (Å²) < 4.78 is 6.09. The highest BCUT2D eigenvalue weighted by Crippen LogP contribution is 2.30. The number of fused-ring (bicyclic) bond motifs is 1. The average Bonchev–Trinajstić information content (AvgIpc) is 3.13. The zero-order valence-electron chi connectivity index (χ0n) is 13.0. The summed E-state index contributed by atoms with van der Waals surface area (Å²) in [5, 5.41) is 4.53. The largest absolute Gasteiger partial charge is 0.372 e. The minimum atomic E-state index is 0.331. The highest BCUT2D eigenvalue weighted by atomic mass is 16.5. The second-order valence-electron chi connectivity index (χ2n) is 5.96. The summed E-state index contributed by atoms with van der Waals surface area (Å²) in [5.74, 6) is 0. The monoisotopic (exact) mass is 304 g/mol. The van der Waals surface area contributed by atoms with Crippen LogP contribution < -0.4 is 5.32 Å². The van der Waals surface area contributed by atoms with Crippen LogP contribution in [-0.4, -0.2) is 24.2 Å². The molecule has 0 amide bonds. The first-order chi connectivity index (χ1) is 11.4. The van der Waals surface area contributed by atoms with Gasteiger partial charge in [-0.05, 0) is 41.8 Å². The Balaban J connectivity index is 1.70.